The highest BCUT2D eigenvalue weighted by Crippen LogP contribution is 2.43. The molecule has 0 atom stereocenters. The van der Waals surface area contributed by atoms with Crippen molar-refractivity contribution in [3.8, 4) is 16.9 Å². The number of aromatic nitrogens is 5. The predicted octanol–water partition coefficient (Wildman–Crippen LogP) is 6.31. The number of halogens is 2. The van der Waals surface area contributed by atoms with Gasteiger partial charge in [0.1, 0.15) is 21.2 Å². The summed E-state index contributed by atoms with van der Waals surface area (Å²) in [6.07, 6.45) is 0.294. The van der Waals surface area contributed by atoms with Gasteiger partial charge in [-0.15, -0.1) is 11.3 Å². The van der Waals surface area contributed by atoms with Crippen molar-refractivity contribution in [2.75, 3.05) is 5.32 Å². The second-order valence-electron chi connectivity index (χ2n) is 10.9. The van der Waals surface area contributed by atoms with Gasteiger partial charge in [0.25, 0.3) is 18.2 Å². The van der Waals surface area contributed by atoms with Crippen LogP contribution in [0.4, 0.5) is 14.5 Å². The van der Waals surface area contributed by atoms with Crippen molar-refractivity contribution in [1.82, 2.24) is 24.5 Å². The van der Waals surface area contributed by atoms with Crippen molar-refractivity contribution in [2.24, 2.45) is 5.73 Å². The van der Waals surface area contributed by atoms with E-state index in [1.54, 1.807) is 17.1 Å². The summed E-state index contributed by atoms with van der Waals surface area (Å²) in [5.74, 6) is -0.809. The van der Waals surface area contributed by atoms with Crippen LogP contribution in [0.25, 0.3) is 21.3 Å². The lowest BCUT2D eigenvalue weighted by Gasteiger charge is -2.19. The number of amides is 2. The highest BCUT2D eigenvalue weighted by atomic mass is 32.1. The van der Waals surface area contributed by atoms with Crippen LogP contribution < -0.4 is 15.8 Å². The molecule has 0 unspecified atom stereocenters. The van der Waals surface area contributed by atoms with Gasteiger partial charge in [-0.1, -0.05) is 32.9 Å². The Balaban J connectivity index is 1.46. The first kappa shape index (κ1) is 29.8. The summed E-state index contributed by atoms with van der Waals surface area (Å²) in [5, 5.41) is 11.7. The van der Waals surface area contributed by atoms with Crippen LogP contribution in [0, 0.1) is 6.92 Å². The molecule has 5 rings (SSSR count). The molecule has 0 radical (unpaired) electrons. The molecule has 0 aliphatic rings. The number of benzene rings is 1. The van der Waals surface area contributed by atoms with Gasteiger partial charge in [-0.05, 0) is 54.7 Å². The van der Waals surface area contributed by atoms with Gasteiger partial charge >= 0.3 is 0 Å². The first-order valence-corrected chi connectivity index (χ1v) is 14.3. The van der Waals surface area contributed by atoms with Crippen LogP contribution in [0.2, 0.25) is 0 Å². The molecule has 0 saturated carbocycles. The maximum Gasteiger partial charge on any atom is 0.280 e. The van der Waals surface area contributed by atoms with E-state index in [1.807, 2.05) is 38.1 Å². The van der Waals surface area contributed by atoms with E-state index in [0.717, 1.165) is 17.0 Å². The lowest BCUT2D eigenvalue weighted by Crippen LogP contribution is -2.18. The van der Waals surface area contributed by atoms with Crippen molar-refractivity contribution in [3.63, 3.8) is 0 Å². The van der Waals surface area contributed by atoms with E-state index in [0.29, 0.717) is 28.8 Å². The smallest absolute Gasteiger partial charge is 0.280 e. The zero-order valence-electron chi connectivity index (χ0n) is 24.3. The quantitative estimate of drug-likeness (QED) is 0.202. The number of hydrogen-bond donors (Lipinski definition) is 2. The molecule has 3 N–H and O–H groups in total. The Morgan fingerprint density at radius 1 is 1.14 bits per heavy atom. The fraction of sp³-hybridized carbons (Fsp3) is 0.300. The molecule has 4 aromatic heterocycles. The lowest BCUT2D eigenvalue weighted by atomic mass is 9.87. The average molecular weight is 608 g/mol. The molecule has 0 bridgehead atoms. The number of nitrogens with two attached hydrogens (primary N) is 1. The molecule has 0 spiro atoms. The number of thiophene rings is 1. The minimum atomic E-state index is -2.86. The molecule has 1 aromatic carbocycles. The highest BCUT2D eigenvalue weighted by Gasteiger charge is 2.27. The third kappa shape index (κ3) is 5.98. The number of nitrogens with one attached hydrogen (secondary N) is 1. The molecule has 0 fully saturated rings. The minimum absolute atomic E-state index is 0.0172. The number of alkyl halides is 2. The zero-order valence-corrected chi connectivity index (χ0v) is 25.1. The summed E-state index contributed by atoms with van der Waals surface area (Å²) in [6, 6.07) is 10.5. The van der Waals surface area contributed by atoms with Crippen molar-refractivity contribution < 1.29 is 23.1 Å². The third-order valence-corrected chi connectivity index (χ3v) is 8.12. The number of primary amides is 1. The molecular weight excluding hydrogens is 576 g/mol. The molecule has 0 saturated heterocycles. The second-order valence-corrected chi connectivity index (χ2v) is 11.9. The maximum atomic E-state index is 13.8. The van der Waals surface area contributed by atoms with E-state index in [1.165, 1.54) is 22.4 Å². The number of fused-ring (bicyclic) bond motifs is 1. The van der Waals surface area contributed by atoms with Crippen LogP contribution in [-0.2, 0) is 18.7 Å². The van der Waals surface area contributed by atoms with E-state index >= 15 is 0 Å². The number of rotatable bonds is 9. The standard InChI is InChI=1S/C30H31F2N7O3S/c1-6-39-16(2)20(14-34-39)19-13-22(26(31)32)35-29-23(19)24(25(43-29)27(33)40)36-28(41)21-11-12-38(37-21)15-42-18-9-7-17(8-10-18)30(3,4)5/h7-14,26H,6,15H2,1-5H3,(H2,33,40)(H,36,41). The van der Waals surface area contributed by atoms with Crippen LogP contribution in [0.5, 0.6) is 5.75 Å². The van der Waals surface area contributed by atoms with Crippen molar-refractivity contribution >= 4 is 39.1 Å². The van der Waals surface area contributed by atoms with Gasteiger partial charge in [-0.25, -0.2) is 18.4 Å². The number of nitrogens with zero attached hydrogens (tertiary/aromatic N) is 5. The lowest BCUT2D eigenvalue weighted by molar-refractivity contribution is 0.100. The largest absolute Gasteiger partial charge is 0.471 e. The second kappa shape index (κ2) is 11.6. The Morgan fingerprint density at radius 3 is 2.47 bits per heavy atom. The van der Waals surface area contributed by atoms with Crippen molar-refractivity contribution in [3.05, 3.63) is 76.3 Å². The number of carbonyl (C=O) groups is 2. The molecule has 2 amide bonds. The van der Waals surface area contributed by atoms with Gasteiger partial charge in [-0.3, -0.25) is 14.3 Å². The van der Waals surface area contributed by atoms with E-state index in [-0.39, 0.29) is 33.2 Å². The zero-order chi connectivity index (χ0) is 31.1. The van der Waals surface area contributed by atoms with Gasteiger partial charge in [0.05, 0.1) is 11.9 Å². The summed E-state index contributed by atoms with van der Waals surface area (Å²) in [6.45, 7) is 10.7. The first-order valence-electron chi connectivity index (χ1n) is 13.5. The summed E-state index contributed by atoms with van der Waals surface area (Å²) in [5.41, 5.74) is 8.16. The number of aryl methyl sites for hydroxylation is 1. The summed E-state index contributed by atoms with van der Waals surface area (Å²) in [7, 11) is 0. The Labute approximate surface area is 250 Å². The number of carbonyl (C=O) groups excluding carboxylic acids is 2. The summed E-state index contributed by atoms with van der Waals surface area (Å²) < 4.78 is 36.7. The third-order valence-electron chi connectivity index (χ3n) is 7.02. The van der Waals surface area contributed by atoms with E-state index in [9.17, 15) is 18.4 Å². The molecule has 13 heteroatoms. The first-order chi connectivity index (χ1) is 20.4. The SMILES string of the molecule is CCn1ncc(-c2cc(C(F)F)nc3sc(C(N)=O)c(NC(=O)c4ccn(COc5ccc(C(C)(C)C)cc5)n4)c23)c1C. The monoisotopic (exact) mass is 607 g/mol. The molecule has 0 aliphatic carbocycles. The van der Waals surface area contributed by atoms with Crippen LogP contribution in [0.3, 0.4) is 0 Å². The fourth-order valence-electron chi connectivity index (χ4n) is 4.69. The number of pyridine rings is 1. The van der Waals surface area contributed by atoms with Crippen molar-refractivity contribution in [2.45, 2.75) is 59.7 Å². The van der Waals surface area contributed by atoms with Gasteiger partial charge in [0.15, 0.2) is 12.4 Å². The minimum Gasteiger partial charge on any atom is -0.471 e. The maximum absolute atomic E-state index is 13.8. The summed E-state index contributed by atoms with van der Waals surface area (Å²) in [4.78, 5) is 30.0. The summed E-state index contributed by atoms with van der Waals surface area (Å²) >= 11 is 0.835. The Morgan fingerprint density at radius 2 is 1.86 bits per heavy atom. The Kier molecular flexibility index (Phi) is 8.02. The number of anilines is 1. The number of hydrogen-bond acceptors (Lipinski definition) is 7. The van der Waals surface area contributed by atoms with Crippen LogP contribution in [0.15, 0.2) is 48.8 Å². The predicted molar refractivity (Wildman–Crippen MR) is 161 cm³/mol. The topological polar surface area (TPSA) is 130 Å². The highest BCUT2D eigenvalue weighted by molar-refractivity contribution is 7.21. The molecule has 10 nitrogen and oxygen atoms in total. The average Bonchev–Trinajstić information content (AvgIpc) is 3.68. The molecule has 4 heterocycles. The van der Waals surface area contributed by atoms with Gasteiger partial charge in [-0.2, -0.15) is 10.2 Å². The van der Waals surface area contributed by atoms with Gasteiger partial charge in [0, 0.05) is 29.4 Å². The normalized spacial score (nSPS) is 11.8. The van der Waals surface area contributed by atoms with Crippen molar-refractivity contribution in [1.29, 1.82) is 0 Å². The van der Waals surface area contributed by atoms with Crippen LogP contribution in [0.1, 0.15) is 71.2 Å². The van der Waals surface area contributed by atoms with Crippen LogP contribution >= 0.6 is 11.3 Å². The molecule has 224 valence electrons. The Hall–Kier alpha value is -4.65. The van der Waals surface area contributed by atoms with E-state index in [4.69, 9.17) is 10.5 Å². The van der Waals surface area contributed by atoms with E-state index in [2.05, 4.69) is 41.3 Å². The molecule has 43 heavy (non-hydrogen) atoms. The van der Waals surface area contributed by atoms with Crippen LogP contribution in [-0.4, -0.2) is 36.4 Å². The number of ether oxygens (including phenoxy) is 1. The van der Waals surface area contributed by atoms with E-state index < -0.39 is 23.9 Å². The fourth-order valence-corrected chi connectivity index (χ4v) is 5.70. The van der Waals surface area contributed by atoms with Gasteiger partial charge < -0.3 is 15.8 Å². The Bertz CT molecular complexity index is 1820. The van der Waals surface area contributed by atoms with Gasteiger partial charge in [0.2, 0.25) is 0 Å². The molecular formula is C30H31F2N7O3S. The molecule has 0 aliphatic heterocycles. The molecule has 5 aromatic rings.